The van der Waals surface area contributed by atoms with Gasteiger partial charge >= 0.3 is 0 Å². The third-order valence-electron chi connectivity index (χ3n) is 5.45. The van der Waals surface area contributed by atoms with Gasteiger partial charge in [0.15, 0.2) is 0 Å². The zero-order valence-corrected chi connectivity index (χ0v) is 18.2. The van der Waals surface area contributed by atoms with Crippen molar-refractivity contribution in [2.45, 2.75) is 38.5 Å². The van der Waals surface area contributed by atoms with Gasteiger partial charge in [-0.1, -0.05) is 60.1 Å². The SMILES string of the molecule is CC(C)c1ccc([C@H]2Oc3ccc(Br)cc3[C@H]3CC(c4cccs4)=NN32)cc1. The molecule has 0 bridgehead atoms. The maximum atomic E-state index is 6.45. The summed E-state index contributed by atoms with van der Waals surface area (Å²) in [5.74, 6) is 1.47. The smallest absolute Gasteiger partial charge is 0.213 e. The fourth-order valence-corrected chi connectivity index (χ4v) is 5.02. The number of hydrogen-bond acceptors (Lipinski definition) is 4. The van der Waals surface area contributed by atoms with Gasteiger partial charge < -0.3 is 4.74 Å². The Kier molecular flexibility index (Phi) is 4.52. The van der Waals surface area contributed by atoms with Crippen LogP contribution < -0.4 is 4.74 Å². The summed E-state index contributed by atoms with van der Waals surface area (Å²) in [6.45, 7) is 4.43. The minimum Gasteiger partial charge on any atom is -0.464 e. The van der Waals surface area contributed by atoms with E-state index in [2.05, 4.69) is 88.7 Å². The van der Waals surface area contributed by atoms with E-state index in [4.69, 9.17) is 9.84 Å². The van der Waals surface area contributed by atoms with Gasteiger partial charge in [-0.25, -0.2) is 5.01 Å². The lowest BCUT2D eigenvalue weighted by Crippen LogP contribution is -2.33. The van der Waals surface area contributed by atoms with E-state index in [1.54, 1.807) is 11.3 Å². The number of hydrogen-bond donors (Lipinski definition) is 0. The Morgan fingerprint density at radius 1 is 1.14 bits per heavy atom. The first-order chi connectivity index (χ1) is 13.6. The Balaban J connectivity index is 1.57. The Morgan fingerprint density at radius 2 is 1.96 bits per heavy atom. The molecular weight excluding hydrogens is 432 g/mol. The molecule has 5 heteroatoms. The van der Waals surface area contributed by atoms with E-state index in [1.165, 1.54) is 16.0 Å². The minimum absolute atomic E-state index is 0.188. The van der Waals surface area contributed by atoms with Gasteiger partial charge in [0, 0.05) is 22.0 Å². The third kappa shape index (κ3) is 3.07. The summed E-state index contributed by atoms with van der Waals surface area (Å²) in [6, 6.07) is 19.5. The van der Waals surface area contributed by atoms with Gasteiger partial charge in [0.25, 0.3) is 0 Å². The van der Waals surface area contributed by atoms with Crippen LogP contribution in [0.25, 0.3) is 0 Å². The van der Waals surface area contributed by atoms with Crippen molar-refractivity contribution in [3.63, 3.8) is 0 Å². The second-order valence-electron chi connectivity index (χ2n) is 7.60. The van der Waals surface area contributed by atoms with Crippen LogP contribution in [0.5, 0.6) is 5.75 Å². The number of fused-ring (bicyclic) bond motifs is 3. The summed E-state index contributed by atoms with van der Waals surface area (Å²) in [4.78, 5) is 1.24. The van der Waals surface area contributed by atoms with Crippen LogP contribution in [0, 0.1) is 0 Å². The van der Waals surface area contributed by atoms with Gasteiger partial charge in [-0.3, -0.25) is 0 Å². The molecule has 0 saturated heterocycles. The molecule has 1 aromatic heterocycles. The van der Waals surface area contributed by atoms with Crippen LogP contribution in [0.4, 0.5) is 0 Å². The molecule has 0 unspecified atom stereocenters. The van der Waals surface area contributed by atoms with Gasteiger partial charge in [-0.05, 0) is 41.1 Å². The highest BCUT2D eigenvalue weighted by atomic mass is 79.9. The lowest BCUT2D eigenvalue weighted by Gasteiger charge is -2.38. The summed E-state index contributed by atoms with van der Waals surface area (Å²) < 4.78 is 7.52. The van der Waals surface area contributed by atoms with Crippen molar-refractivity contribution in [1.82, 2.24) is 5.01 Å². The van der Waals surface area contributed by atoms with Crippen molar-refractivity contribution in [2.75, 3.05) is 0 Å². The Hall–Kier alpha value is -2.11. The van der Waals surface area contributed by atoms with Gasteiger partial charge in [-0.2, -0.15) is 5.10 Å². The molecule has 28 heavy (non-hydrogen) atoms. The standard InChI is InChI=1S/C23H21BrN2OS/c1-14(2)15-5-7-16(8-6-15)23-26-20(13-19(25-26)22-4-3-11-28-22)18-12-17(24)9-10-21(18)27-23/h3-12,14,20,23H,13H2,1-2H3/t20-,23-/m1/s1. The fourth-order valence-electron chi connectivity index (χ4n) is 3.92. The average molecular weight is 453 g/mol. The van der Waals surface area contributed by atoms with E-state index in [0.717, 1.165) is 27.9 Å². The van der Waals surface area contributed by atoms with Crippen LogP contribution in [-0.2, 0) is 0 Å². The first kappa shape index (κ1) is 18.0. The highest BCUT2D eigenvalue weighted by Gasteiger charge is 2.41. The second kappa shape index (κ2) is 7.05. The molecule has 3 aromatic rings. The zero-order chi connectivity index (χ0) is 19.3. The van der Waals surface area contributed by atoms with Crippen LogP contribution in [0.15, 0.2) is 69.6 Å². The van der Waals surface area contributed by atoms with Crippen LogP contribution >= 0.6 is 27.3 Å². The largest absolute Gasteiger partial charge is 0.464 e. The van der Waals surface area contributed by atoms with Gasteiger partial charge in [0.2, 0.25) is 6.23 Å². The minimum atomic E-state index is -0.211. The lowest BCUT2D eigenvalue weighted by molar-refractivity contribution is -0.0190. The average Bonchev–Trinajstić information content (AvgIpc) is 3.37. The van der Waals surface area contributed by atoms with Crippen molar-refractivity contribution in [2.24, 2.45) is 5.10 Å². The molecule has 0 fully saturated rings. The number of hydrazone groups is 1. The number of rotatable bonds is 3. The van der Waals surface area contributed by atoms with Crippen LogP contribution in [0.3, 0.4) is 0 Å². The molecule has 5 rings (SSSR count). The lowest BCUT2D eigenvalue weighted by atomic mass is 9.97. The highest BCUT2D eigenvalue weighted by molar-refractivity contribution is 9.10. The van der Waals surface area contributed by atoms with Crippen LogP contribution in [0.2, 0.25) is 0 Å². The Labute approximate surface area is 177 Å². The number of thiophene rings is 1. The molecule has 2 aliphatic rings. The first-order valence-electron chi connectivity index (χ1n) is 9.56. The maximum absolute atomic E-state index is 6.45. The fraction of sp³-hybridized carbons (Fsp3) is 0.261. The molecule has 2 aliphatic heterocycles. The first-order valence-corrected chi connectivity index (χ1v) is 11.2. The molecule has 3 heterocycles. The van der Waals surface area contributed by atoms with Crippen molar-refractivity contribution in [3.8, 4) is 5.75 Å². The molecule has 0 aliphatic carbocycles. The zero-order valence-electron chi connectivity index (χ0n) is 15.8. The van der Waals surface area contributed by atoms with Gasteiger partial charge in [0.1, 0.15) is 5.75 Å². The number of halogens is 1. The molecular formula is C23H21BrN2OS. The van der Waals surface area contributed by atoms with Gasteiger partial charge in [-0.15, -0.1) is 11.3 Å². The monoisotopic (exact) mass is 452 g/mol. The molecule has 2 aromatic carbocycles. The summed E-state index contributed by atoms with van der Waals surface area (Å²) in [5.41, 5.74) is 4.81. The molecule has 0 radical (unpaired) electrons. The third-order valence-corrected chi connectivity index (χ3v) is 6.86. The van der Waals surface area contributed by atoms with Crippen molar-refractivity contribution < 1.29 is 4.74 Å². The van der Waals surface area contributed by atoms with E-state index in [9.17, 15) is 0 Å². The predicted molar refractivity (Wildman–Crippen MR) is 118 cm³/mol. The van der Waals surface area contributed by atoms with E-state index in [0.29, 0.717) is 5.92 Å². The molecule has 0 spiro atoms. The molecule has 3 nitrogen and oxygen atoms in total. The van der Waals surface area contributed by atoms with Crippen molar-refractivity contribution in [3.05, 3.63) is 86.0 Å². The Bertz CT molecular complexity index is 1030. The predicted octanol–water partition coefficient (Wildman–Crippen LogP) is 6.88. The molecule has 0 amide bonds. The number of ether oxygens (including phenoxy) is 1. The normalized spacial score (nSPS) is 20.6. The molecule has 0 saturated carbocycles. The molecule has 2 atom stereocenters. The number of benzene rings is 2. The Morgan fingerprint density at radius 3 is 2.68 bits per heavy atom. The summed E-state index contributed by atoms with van der Waals surface area (Å²) in [5, 5.41) is 9.27. The van der Waals surface area contributed by atoms with Crippen molar-refractivity contribution in [1.29, 1.82) is 0 Å². The van der Waals surface area contributed by atoms with Crippen LogP contribution in [0.1, 0.15) is 60.0 Å². The highest BCUT2D eigenvalue weighted by Crippen LogP contribution is 2.48. The van der Waals surface area contributed by atoms with E-state index in [-0.39, 0.29) is 12.3 Å². The quantitative estimate of drug-likeness (QED) is 0.432. The van der Waals surface area contributed by atoms with E-state index >= 15 is 0 Å². The van der Waals surface area contributed by atoms with E-state index in [1.807, 2.05) is 6.07 Å². The molecule has 0 N–H and O–H groups in total. The van der Waals surface area contributed by atoms with Gasteiger partial charge in [0.05, 0.1) is 16.6 Å². The molecule has 142 valence electrons. The topological polar surface area (TPSA) is 24.8 Å². The summed E-state index contributed by atoms with van der Waals surface area (Å²) in [7, 11) is 0. The number of nitrogens with zero attached hydrogens (tertiary/aromatic N) is 2. The van der Waals surface area contributed by atoms with Crippen LogP contribution in [-0.4, -0.2) is 10.7 Å². The summed E-state index contributed by atoms with van der Waals surface area (Å²) >= 11 is 5.36. The summed E-state index contributed by atoms with van der Waals surface area (Å²) in [6.07, 6.45) is 0.686. The maximum Gasteiger partial charge on any atom is 0.213 e. The second-order valence-corrected chi connectivity index (χ2v) is 9.46. The van der Waals surface area contributed by atoms with E-state index < -0.39 is 0 Å². The van der Waals surface area contributed by atoms with Crippen molar-refractivity contribution >= 4 is 33.0 Å².